The van der Waals surface area contributed by atoms with Crippen LogP contribution in [0.1, 0.15) is 145 Å². The van der Waals surface area contributed by atoms with Crippen LogP contribution < -0.4 is 33.1 Å². The number of halogens is 1. The number of rotatable bonds is 22. The van der Waals surface area contributed by atoms with Crippen LogP contribution in [0.4, 0.5) is 0 Å². The van der Waals surface area contributed by atoms with Gasteiger partial charge in [0.2, 0.25) is 0 Å². The normalized spacial score (nSPS) is 15.5. The van der Waals surface area contributed by atoms with Crippen LogP contribution in [-0.2, 0) is 6.54 Å². The third-order valence-electron chi connectivity index (χ3n) is 8.59. The van der Waals surface area contributed by atoms with Gasteiger partial charge >= 0.3 is 0 Å². The first kappa shape index (κ1) is 40.3. The summed E-state index contributed by atoms with van der Waals surface area (Å²) < 4.78 is 4.96. The lowest BCUT2D eigenvalue weighted by molar-refractivity contribution is -0.700. The van der Waals surface area contributed by atoms with Gasteiger partial charge in [-0.05, 0) is 56.6 Å². The molecule has 7 heteroatoms. The van der Waals surface area contributed by atoms with E-state index in [1.54, 1.807) is 0 Å². The number of unbranched alkanes of at least 4 members (excludes halogenated alkanes) is 11. The maximum atomic E-state index is 2.66. The fourth-order valence-corrected chi connectivity index (χ4v) is 8.83. The Morgan fingerprint density at radius 1 is 0.822 bits per heavy atom. The Kier molecular flexibility index (Phi) is 21.0. The highest BCUT2D eigenvalue weighted by atomic mass is 127. The zero-order chi connectivity index (χ0) is 31.6. The zero-order valence-corrected chi connectivity index (χ0v) is 33.8. The Balaban J connectivity index is 0.00000705. The molecule has 3 nitrogen and oxygen atoms in total. The molecule has 0 fully saturated rings. The Morgan fingerprint density at radius 3 is 2.22 bits per heavy atom. The summed E-state index contributed by atoms with van der Waals surface area (Å²) in [7, 11) is 0. The van der Waals surface area contributed by atoms with Crippen LogP contribution in [0.2, 0.25) is 0 Å². The molecular weight excluding hydrogens is 722 g/mol. The molecule has 2 aromatic rings. The summed E-state index contributed by atoms with van der Waals surface area (Å²) in [6.45, 7) is 16.0. The Morgan fingerprint density at radius 2 is 1.49 bits per heavy atom. The predicted molar refractivity (Wildman–Crippen MR) is 199 cm³/mol. The van der Waals surface area contributed by atoms with Crippen molar-refractivity contribution >= 4 is 52.3 Å². The van der Waals surface area contributed by atoms with Crippen molar-refractivity contribution in [2.45, 2.75) is 150 Å². The van der Waals surface area contributed by atoms with E-state index in [1.807, 2.05) is 34.4 Å². The van der Waals surface area contributed by atoms with E-state index in [4.69, 9.17) is 0 Å². The number of thiazole rings is 2. The van der Waals surface area contributed by atoms with Gasteiger partial charge < -0.3 is 28.9 Å². The van der Waals surface area contributed by atoms with Gasteiger partial charge in [0, 0.05) is 38.6 Å². The van der Waals surface area contributed by atoms with Gasteiger partial charge in [-0.3, -0.25) is 0 Å². The van der Waals surface area contributed by atoms with E-state index < -0.39 is 0 Å². The highest BCUT2D eigenvalue weighted by Gasteiger charge is 2.25. The fourth-order valence-electron chi connectivity index (χ4n) is 5.78. The van der Waals surface area contributed by atoms with Gasteiger partial charge in [0.1, 0.15) is 6.54 Å². The zero-order valence-electron chi connectivity index (χ0n) is 29.2. The molecule has 3 heterocycles. The molecule has 252 valence electrons. The molecule has 0 saturated heterocycles. The molecule has 0 aromatic carbocycles. The molecule has 0 radical (unpaired) electrons. The topological polar surface area (TPSA) is 11.0 Å². The Bertz CT molecular complexity index is 1220. The third-order valence-corrected chi connectivity index (χ3v) is 12.0. The molecule has 0 N–H and O–H groups in total. The minimum absolute atomic E-state index is 0. The minimum atomic E-state index is 0. The second kappa shape index (κ2) is 23.4. The summed E-state index contributed by atoms with van der Waals surface area (Å²) in [5.74, 6) is 0. The summed E-state index contributed by atoms with van der Waals surface area (Å²) in [6, 6.07) is 0. The monoisotopic (exact) mass is 782 g/mol. The number of hydrogen-bond acceptors (Lipinski definition) is 4. The molecule has 1 atom stereocenters. The number of thioether (sulfide) groups is 1. The number of aromatic nitrogens is 2. The van der Waals surface area contributed by atoms with Crippen molar-refractivity contribution in [2.75, 3.05) is 6.54 Å². The maximum Gasteiger partial charge on any atom is 0.274 e. The molecule has 0 amide bonds. The molecule has 3 rings (SSSR count). The van der Waals surface area contributed by atoms with E-state index in [-0.39, 0.29) is 24.0 Å². The van der Waals surface area contributed by atoms with E-state index in [0.29, 0.717) is 5.37 Å². The molecule has 1 aliphatic heterocycles. The molecule has 1 unspecified atom stereocenters. The van der Waals surface area contributed by atoms with Gasteiger partial charge in [-0.2, -0.15) is 9.13 Å². The van der Waals surface area contributed by atoms with Crippen LogP contribution in [0.25, 0.3) is 17.8 Å². The molecule has 0 saturated carbocycles. The molecular formula is C38H61IN3S3+. The quantitative estimate of drug-likeness (QED) is 0.0513. The van der Waals surface area contributed by atoms with Crippen LogP contribution in [0.3, 0.4) is 0 Å². The summed E-state index contributed by atoms with van der Waals surface area (Å²) >= 11 is 5.77. The van der Waals surface area contributed by atoms with Gasteiger partial charge in [-0.1, -0.05) is 107 Å². The van der Waals surface area contributed by atoms with Gasteiger partial charge in [0.05, 0.1) is 21.7 Å². The largest absolute Gasteiger partial charge is 1.00 e. The van der Waals surface area contributed by atoms with E-state index in [9.17, 15) is 0 Å². The number of allylic oxidation sites excluding steroid dienone is 4. The minimum Gasteiger partial charge on any atom is -1.00 e. The number of nitrogens with zero attached hydrogens (tertiary/aromatic N) is 3. The summed E-state index contributed by atoms with van der Waals surface area (Å²) in [4.78, 5) is 2.66. The highest BCUT2D eigenvalue weighted by Crippen LogP contribution is 2.34. The first-order valence-corrected chi connectivity index (χ1v) is 20.3. The van der Waals surface area contributed by atoms with Crippen molar-refractivity contribution in [3.05, 3.63) is 61.5 Å². The highest BCUT2D eigenvalue weighted by molar-refractivity contribution is 8.02. The summed E-state index contributed by atoms with van der Waals surface area (Å²) in [5, 5.41) is 10.2. The average molecular weight is 783 g/mol. The van der Waals surface area contributed by atoms with Crippen molar-refractivity contribution in [3.63, 3.8) is 0 Å². The third kappa shape index (κ3) is 13.6. The van der Waals surface area contributed by atoms with E-state index in [0.717, 1.165) is 19.4 Å². The van der Waals surface area contributed by atoms with Crippen molar-refractivity contribution in [1.82, 2.24) is 4.90 Å². The predicted octanol–water partition coefficient (Wildman–Crippen LogP) is 8.72. The van der Waals surface area contributed by atoms with Gasteiger partial charge in [-0.15, -0.1) is 11.8 Å². The number of aryl methyl sites for hydroxylation is 2. The van der Waals surface area contributed by atoms with Crippen molar-refractivity contribution in [3.8, 4) is 0 Å². The number of hydrogen-bond donors (Lipinski definition) is 0. The summed E-state index contributed by atoms with van der Waals surface area (Å²) in [6.07, 6.45) is 31.3. The lowest BCUT2D eigenvalue weighted by atomic mass is 10.1. The lowest BCUT2D eigenvalue weighted by Gasteiger charge is -2.27. The summed E-state index contributed by atoms with van der Waals surface area (Å²) in [5.41, 5.74) is 5.47. The second-order valence-corrected chi connectivity index (χ2v) is 15.2. The van der Waals surface area contributed by atoms with Crippen molar-refractivity contribution in [2.24, 2.45) is 0 Å². The van der Waals surface area contributed by atoms with Crippen LogP contribution in [0, 0.1) is 13.8 Å². The molecule has 0 bridgehead atoms. The Labute approximate surface area is 306 Å². The van der Waals surface area contributed by atoms with Gasteiger partial charge in [0.15, 0.2) is 17.6 Å². The van der Waals surface area contributed by atoms with Crippen LogP contribution in [0.5, 0.6) is 0 Å². The standard InChI is InChI=1S/C38H61N3S3.HI/c1-7-10-13-16-19-26-39-32(4)29-42-36(39)24-22-35(38-41(34(6)31-44-38)28-21-18-15-12-9-3)23-25-37-40(33(5)30-43-37)27-20-17-14-11-8-2;/h21-24,28-31,37H,7-20,25-27H2,1-6H3;1H/q+2;/p-1/b24-22+,28-21+,35-23+;. The van der Waals surface area contributed by atoms with E-state index in [2.05, 4.69) is 102 Å². The Hall–Kier alpha value is -0.900. The van der Waals surface area contributed by atoms with Crippen LogP contribution >= 0.6 is 34.4 Å². The molecule has 45 heavy (non-hydrogen) atoms. The van der Waals surface area contributed by atoms with E-state index >= 15 is 0 Å². The van der Waals surface area contributed by atoms with Gasteiger partial charge in [-0.25, -0.2) is 0 Å². The first-order chi connectivity index (χ1) is 21.5. The van der Waals surface area contributed by atoms with Crippen molar-refractivity contribution < 1.29 is 33.1 Å². The lowest BCUT2D eigenvalue weighted by Crippen LogP contribution is -3.00. The second-order valence-electron chi connectivity index (χ2n) is 12.4. The molecule has 0 spiro atoms. The molecule has 1 aliphatic rings. The van der Waals surface area contributed by atoms with Gasteiger partial charge in [0.25, 0.3) is 10.0 Å². The smallest absolute Gasteiger partial charge is 0.274 e. The van der Waals surface area contributed by atoms with Crippen molar-refractivity contribution in [1.29, 1.82) is 0 Å². The van der Waals surface area contributed by atoms with Crippen LogP contribution in [0.15, 0.2) is 40.1 Å². The maximum absolute atomic E-state index is 2.66. The average Bonchev–Trinajstić information content (AvgIpc) is 3.69. The van der Waals surface area contributed by atoms with E-state index in [1.165, 1.54) is 123 Å². The first-order valence-electron chi connectivity index (χ1n) is 17.6. The molecule has 2 aromatic heterocycles. The molecule has 0 aliphatic carbocycles. The fraction of sp³-hybridized carbons (Fsp3) is 0.632. The SMILES string of the molecule is CCCCC/C=C/[n+]1c(C)csc1C(/C=C/c1scc(C)[n+]1CCCCCCC)=C/CC1SC=C(C)N1CCCCCCC.[I-]. The van der Waals surface area contributed by atoms with Crippen LogP contribution in [-0.4, -0.2) is 16.8 Å².